The molecule has 1 amide bonds. The van der Waals surface area contributed by atoms with Crippen LogP contribution >= 0.6 is 0 Å². The highest BCUT2D eigenvalue weighted by Gasteiger charge is 2.35. The number of nitrogens with two attached hydrogens (primary N) is 1. The lowest BCUT2D eigenvalue weighted by Gasteiger charge is -2.17. The van der Waals surface area contributed by atoms with Gasteiger partial charge in [-0.1, -0.05) is 30.3 Å². The van der Waals surface area contributed by atoms with Crippen LogP contribution in [0.1, 0.15) is 21.8 Å². The standard InChI is InChI=1S/C19H20N6O/c20-8-16-10-24(11-17(16)14-4-2-1-3-5-14)19(26)15-6-7-18(22-9-15)25-13-21-12-23-25/h1-7,9,12-13,16-17H,8,10-11,20H2/t16-,17+/m1/s1. The maximum Gasteiger partial charge on any atom is 0.255 e. The van der Waals surface area contributed by atoms with Crippen LogP contribution < -0.4 is 5.73 Å². The summed E-state index contributed by atoms with van der Waals surface area (Å²) in [6, 6.07) is 13.8. The van der Waals surface area contributed by atoms with Gasteiger partial charge >= 0.3 is 0 Å². The average Bonchev–Trinajstić information content (AvgIpc) is 3.38. The third-order valence-electron chi connectivity index (χ3n) is 4.91. The minimum absolute atomic E-state index is 0.0143. The summed E-state index contributed by atoms with van der Waals surface area (Å²) in [5.74, 6) is 1.15. The topological polar surface area (TPSA) is 89.9 Å². The smallest absolute Gasteiger partial charge is 0.255 e. The molecule has 0 spiro atoms. The summed E-state index contributed by atoms with van der Waals surface area (Å²) in [5.41, 5.74) is 7.77. The Hall–Kier alpha value is -3.06. The molecule has 132 valence electrons. The molecule has 1 aliphatic heterocycles. The minimum Gasteiger partial charge on any atom is -0.338 e. The molecule has 0 unspecified atom stereocenters. The van der Waals surface area contributed by atoms with Crippen LogP contribution in [-0.2, 0) is 0 Å². The normalized spacial score (nSPS) is 19.7. The molecule has 4 rings (SSSR count). The van der Waals surface area contributed by atoms with Gasteiger partial charge in [-0.15, -0.1) is 0 Å². The Labute approximate surface area is 151 Å². The van der Waals surface area contributed by atoms with Crippen molar-refractivity contribution in [1.82, 2.24) is 24.6 Å². The van der Waals surface area contributed by atoms with Crippen molar-refractivity contribution in [2.45, 2.75) is 5.92 Å². The molecule has 7 heteroatoms. The van der Waals surface area contributed by atoms with E-state index in [0.717, 1.165) is 0 Å². The number of likely N-dealkylation sites (tertiary alicyclic amines) is 1. The van der Waals surface area contributed by atoms with Crippen LogP contribution in [-0.4, -0.2) is 50.2 Å². The monoisotopic (exact) mass is 348 g/mol. The summed E-state index contributed by atoms with van der Waals surface area (Å²) in [6.45, 7) is 1.90. The van der Waals surface area contributed by atoms with E-state index in [2.05, 4.69) is 27.2 Å². The first-order valence-corrected chi connectivity index (χ1v) is 8.61. The van der Waals surface area contributed by atoms with Gasteiger partial charge in [0.1, 0.15) is 12.7 Å². The Bertz CT molecular complexity index is 863. The number of pyridine rings is 1. The minimum atomic E-state index is -0.0143. The lowest BCUT2D eigenvalue weighted by Crippen LogP contribution is -2.30. The molecule has 1 aliphatic rings. The van der Waals surface area contributed by atoms with E-state index in [1.165, 1.54) is 11.9 Å². The van der Waals surface area contributed by atoms with Gasteiger partial charge in [0, 0.05) is 25.2 Å². The zero-order valence-corrected chi connectivity index (χ0v) is 14.3. The molecular formula is C19H20N6O. The summed E-state index contributed by atoms with van der Waals surface area (Å²) >= 11 is 0. The molecule has 7 nitrogen and oxygen atoms in total. The van der Waals surface area contributed by atoms with E-state index in [1.54, 1.807) is 29.3 Å². The van der Waals surface area contributed by atoms with E-state index < -0.39 is 0 Å². The summed E-state index contributed by atoms with van der Waals surface area (Å²) in [5, 5.41) is 4.04. The lowest BCUT2D eigenvalue weighted by molar-refractivity contribution is 0.0786. The second kappa shape index (κ2) is 7.05. The number of carbonyl (C=O) groups is 1. The zero-order chi connectivity index (χ0) is 17.9. The van der Waals surface area contributed by atoms with Crippen molar-refractivity contribution in [3.05, 3.63) is 72.4 Å². The third-order valence-corrected chi connectivity index (χ3v) is 4.91. The van der Waals surface area contributed by atoms with Gasteiger partial charge in [0.05, 0.1) is 5.56 Å². The Morgan fingerprint density at radius 1 is 1.15 bits per heavy atom. The molecule has 0 bridgehead atoms. The SMILES string of the molecule is NC[C@@H]1CN(C(=O)c2ccc(-n3cncn3)nc2)C[C@H]1c1ccccc1. The molecule has 0 radical (unpaired) electrons. The van der Waals surface area contributed by atoms with Crippen molar-refractivity contribution in [2.75, 3.05) is 19.6 Å². The van der Waals surface area contributed by atoms with E-state index in [0.29, 0.717) is 31.0 Å². The molecule has 1 saturated heterocycles. The maximum atomic E-state index is 12.9. The number of hydrogen-bond acceptors (Lipinski definition) is 5. The quantitative estimate of drug-likeness (QED) is 0.771. The van der Waals surface area contributed by atoms with Crippen molar-refractivity contribution < 1.29 is 4.79 Å². The molecule has 0 aliphatic carbocycles. The zero-order valence-electron chi connectivity index (χ0n) is 14.3. The molecule has 3 heterocycles. The van der Waals surface area contributed by atoms with Gasteiger partial charge in [0.25, 0.3) is 5.91 Å². The van der Waals surface area contributed by atoms with Crippen LogP contribution in [0, 0.1) is 5.92 Å². The highest BCUT2D eigenvalue weighted by Crippen LogP contribution is 2.32. The molecule has 1 fully saturated rings. The fourth-order valence-corrected chi connectivity index (χ4v) is 3.51. The molecule has 2 aromatic heterocycles. The fourth-order valence-electron chi connectivity index (χ4n) is 3.51. The van der Waals surface area contributed by atoms with E-state index in [-0.39, 0.29) is 17.7 Å². The number of amides is 1. The Morgan fingerprint density at radius 2 is 2.00 bits per heavy atom. The summed E-state index contributed by atoms with van der Waals surface area (Å²) in [6.07, 6.45) is 4.61. The summed E-state index contributed by atoms with van der Waals surface area (Å²) in [7, 11) is 0. The largest absolute Gasteiger partial charge is 0.338 e. The van der Waals surface area contributed by atoms with E-state index in [1.807, 2.05) is 23.1 Å². The van der Waals surface area contributed by atoms with Crippen LogP contribution in [0.2, 0.25) is 0 Å². The second-order valence-electron chi connectivity index (χ2n) is 6.47. The van der Waals surface area contributed by atoms with Gasteiger partial charge in [0.15, 0.2) is 5.82 Å². The number of aromatic nitrogens is 4. The van der Waals surface area contributed by atoms with Crippen molar-refractivity contribution in [3.8, 4) is 5.82 Å². The summed E-state index contributed by atoms with van der Waals surface area (Å²) < 4.78 is 1.56. The second-order valence-corrected chi connectivity index (χ2v) is 6.47. The van der Waals surface area contributed by atoms with E-state index in [9.17, 15) is 4.79 Å². The molecule has 2 atom stereocenters. The van der Waals surface area contributed by atoms with Crippen LogP contribution in [0.4, 0.5) is 0 Å². The Kier molecular flexibility index (Phi) is 4.45. The third kappa shape index (κ3) is 3.09. The molecule has 2 N–H and O–H groups in total. The highest BCUT2D eigenvalue weighted by molar-refractivity contribution is 5.94. The number of rotatable bonds is 4. The molecule has 26 heavy (non-hydrogen) atoms. The van der Waals surface area contributed by atoms with Crippen molar-refractivity contribution in [1.29, 1.82) is 0 Å². The van der Waals surface area contributed by atoms with Gasteiger partial charge in [-0.25, -0.2) is 14.6 Å². The highest BCUT2D eigenvalue weighted by atomic mass is 16.2. The van der Waals surface area contributed by atoms with Gasteiger partial charge in [0.2, 0.25) is 0 Å². The van der Waals surface area contributed by atoms with Crippen LogP contribution in [0.15, 0.2) is 61.3 Å². The van der Waals surface area contributed by atoms with Crippen LogP contribution in [0.3, 0.4) is 0 Å². The van der Waals surface area contributed by atoms with Crippen molar-refractivity contribution in [2.24, 2.45) is 11.7 Å². The predicted octanol–water partition coefficient (Wildman–Crippen LogP) is 1.48. The lowest BCUT2D eigenvalue weighted by atomic mass is 9.89. The van der Waals surface area contributed by atoms with Gasteiger partial charge < -0.3 is 10.6 Å². The Morgan fingerprint density at radius 3 is 2.65 bits per heavy atom. The van der Waals surface area contributed by atoms with Crippen molar-refractivity contribution >= 4 is 5.91 Å². The molecule has 3 aromatic rings. The van der Waals surface area contributed by atoms with Gasteiger partial charge in [-0.2, -0.15) is 5.10 Å². The average molecular weight is 348 g/mol. The number of hydrogen-bond donors (Lipinski definition) is 1. The fraction of sp³-hybridized carbons (Fsp3) is 0.263. The first-order chi connectivity index (χ1) is 12.8. The predicted molar refractivity (Wildman–Crippen MR) is 96.8 cm³/mol. The first-order valence-electron chi connectivity index (χ1n) is 8.61. The molecule has 0 saturated carbocycles. The number of nitrogens with zero attached hydrogens (tertiary/aromatic N) is 5. The summed E-state index contributed by atoms with van der Waals surface area (Å²) in [4.78, 5) is 23.0. The Balaban J connectivity index is 1.51. The number of carbonyl (C=O) groups excluding carboxylic acids is 1. The molecule has 1 aromatic carbocycles. The van der Waals surface area contributed by atoms with Crippen molar-refractivity contribution in [3.63, 3.8) is 0 Å². The van der Waals surface area contributed by atoms with Crippen LogP contribution in [0.25, 0.3) is 5.82 Å². The van der Waals surface area contributed by atoms with Gasteiger partial charge in [-0.05, 0) is 30.2 Å². The van der Waals surface area contributed by atoms with E-state index >= 15 is 0 Å². The first kappa shape index (κ1) is 16.4. The van der Waals surface area contributed by atoms with E-state index in [4.69, 9.17) is 5.73 Å². The maximum absolute atomic E-state index is 12.9. The van der Waals surface area contributed by atoms with Crippen LogP contribution in [0.5, 0.6) is 0 Å². The number of benzene rings is 1. The molecular weight excluding hydrogens is 328 g/mol. The van der Waals surface area contributed by atoms with Gasteiger partial charge in [-0.3, -0.25) is 4.79 Å².